The number of nitrogens with zero attached hydrogens (tertiary/aromatic N) is 1. The van der Waals surface area contributed by atoms with Gasteiger partial charge in [0.05, 0.1) is 0 Å². The van der Waals surface area contributed by atoms with Crippen LogP contribution in [0.15, 0.2) is 42.5 Å². The van der Waals surface area contributed by atoms with Gasteiger partial charge in [-0.3, -0.25) is 4.79 Å². The molecular weight excluding hydrogens is 303 g/mol. The molecule has 4 rings (SSSR count). The van der Waals surface area contributed by atoms with Gasteiger partial charge >= 0.3 is 0 Å². The van der Waals surface area contributed by atoms with E-state index in [2.05, 4.69) is 29.4 Å². The number of nitrogens with one attached hydrogen (secondary N) is 1. The van der Waals surface area contributed by atoms with Gasteiger partial charge in [0, 0.05) is 25.2 Å². The van der Waals surface area contributed by atoms with Crippen molar-refractivity contribution in [3.8, 4) is 11.1 Å². The second-order valence-electron chi connectivity index (χ2n) is 6.49. The minimum Gasteiger partial charge on any atom is -0.348 e. The summed E-state index contributed by atoms with van der Waals surface area (Å²) in [5, 5.41) is 2.88. The lowest BCUT2D eigenvalue weighted by Gasteiger charge is -2.24. The first-order chi connectivity index (χ1) is 11.6. The van der Waals surface area contributed by atoms with E-state index in [-0.39, 0.29) is 11.7 Å². The Hall–Kier alpha value is -2.46. The first kappa shape index (κ1) is 15.1. The molecule has 1 N–H and O–H groups in total. The standard InChI is InChI=1S/C20H19FN2O/c1-23-8-6-14(7-9-23)17-10-15-12-22-20(24)19(15)11-18(17)13-2-4-16(21)5-3-13/h2-6,10-11H,7-9,12H2,1H3,(H,22,24). The van der Waals surface area contributed by atoms with Crippen molar-refractivity contribution in [3.63, 3.8) is 0 Å². The van der Waals surface area contributed by atoms with Crippen molar-refractivity contribution >= 4 is 11.5 Å². The van der Waals surface area contributed by atoms with Crippen LogP contribution in [0.5, 0.6) is 0 Å². The van der Waals surface area contributed by atoms with Crippen molar-refractivity contribution in [2.75, 3.05) is 20.1 Å². The van der Waals surface area contributed by atoms with Gasteiger partial charge in [0.15, 0.2) is 0 Å². The number of carbonyl (C=O) groups excluding carboxylic acids is 1. The highest BCUT2D eigenvalue weighted by Gasteiger charge is 2.23. The maximum Gasteiger partial charge on any atom is 0.251 e. The Kier molecular flexibility index (Phi) is 3.69. The summed E-state index contributed by atoms with van der Waals surface area (Å²) in [6.45, 7) is 2.52. The van der Waals surface area contributed by atoms with E-state index in [1.165, 1.54) is 17.7 Å². The zero-order valence-corrected chi connectivity index (χ0v) is 13.6. The van der Waals surface area contributed by atoms with Crippen LogP contribution in [0.3, 0.4) is 0 Å². The normalized spacial score (nSPS) is 17.4. The van der Waals surface area contributed by atoms with Crippen LogP contribution in [0.25, 0.3) is 16.7 Å². The van der Waals surface area contributed by atoms with E-state index in [9.17, 15) is 9.18 Å². The molecule has 122 valence electrons. The third kappa shape index (κ3) is 2.63. The first-order valence-corrected chi connectivity index (χ1v) is 8.21. The molecule has 1 amide bonds. The summed E-state index contributed by atoms with van der Waals surface area (Å²) in [5.74, 6) is -0.282. The van der Waals surface area contributed by atoms with Crippen LogP contribution in [0, 0.1) is 5.82 Å². The lowest BCUT2D eigenvalue weighted by molar-refractivity contribution is 0.0966. The third-order valence-corrected chi connectivity index (χ3v) is 4.84. The molecule has 0 aromatic heterocycles. The molecule has 0 fully saturated rings. The fourth-order valence-corrected chi connectivity index (χ4v) is 3.42. The Labute approximate surface area is 140 Å². The molecule has 24 heavy (non-hydrogen) atoms. The summed E-state index contributed by atoms with van der Waals surface area (Å²) in [4.78, 5) is 14.3. The molecule has 2 aromatic carbocycles. The molecule has 0 aliphatic carbocycles. The quantitative estimate of drug-likeness (QED) is 0.918. The molecule has 4 heteroatoms. The van der Waals surface area contributed by atoms with Crippen molar-refractivity contribution in [1.29, 1.82) is 0 Å². The van der Waals surface area contributed by atoms with Gasteiger partial charge in [-0.2, -0.15) is 0 Å². The summed E-state index contributed by atoms with van der Waals surface area (Å²) in [5.41, 5.74) is 6.17. The van der Waals surface area contributed by atoms with E-state index in [1.54, 1.807) is 12.1 Å². The maximum absolute atomic E-state index is 13.3. The topological polar surface area (TPSA) is 32.3 Å². The van der Waals surface area contributed by atoms with Crippen molar-refractivity contribution < 1.29 is 9.18 Å². The van der Waals surface area contributed by atoms with Crippen LogP contribution in [-0.4, -0.2) is 30.9 Å². The molecule has 2 aliphatic rings. The van der Waals surface area contributed by atoms with Crippen molar-refractivity contribution in [3.05, 3.63) is 65.0 Å². The highest BCUT2D eigenvalue weighted by atomic mass is 19.1. The zero-order valence-electron chi connectivity index (χ0n) is 13.6. The number of halogens is 1. The van der Waals surface area contributed by atoms with Gasteiger partial charge in [-0.1, -0.05) is 18.2 Å². The fraction of sp³-hybridized carbons (Fsp3) is 0.250. The number of carbonyl (C=O) groups is 1. The van der Waals surface area contributed by atoms with Crippen LogP contribution in [-0.2, 0) is 6.54 Å². The Balaban J connectivity index is 1.88. The van der Waals surface area contributed by atoms with Gasteiger partial charge in [-0.15, -0.1) is 0 Å². The predicted molar refractivity (Wildman–Crippen MR) is 93.1 cm³/mol. The van der Waals surface area contributed by atoms with Crippen LogP contribution >= 0.6 is 0 Å². The van der Waals surface area contributed by atoms with Gasteiger partial charge in [-0.25, -0.2) is 4.39 Å². The number of hydrogen-bond acceptors (Lipinski definition) is 2. The average molecular weight is 322 g/mol. The van der Waals surface area contributed by atoms with Gasteiger partial charge in [0.2, 0.25) is 0 Å². The van der Waals surface area contributed by atoms with Crippen LogP contribution < -0.4 is 5.32 Å². The Morgan fingerprint density at radius 2 is 1.88 bits per heavy atom. The predicted octanol–water partition coefficient (Wildman–Crippen LogP) is 3.46. The Morgan fingerprint density at radius 3 is 2.58 bits per heavy atom. The van der Waals surface area contributed by atoms with Gasteiger partial charge in [-0.05, 0) is 65.6 Å². The average Bonchev–Trinajstić information content (AvgIpc) is 2.96. The van der Waals surface area contributed by atoms with E-state index in [4.69, 9.17) is 0 Å². The Morgan fingerprint density at radius 1 is 1.08 bits per heavy atom. The largest absolute Gasteiger partial charge is 0.348 e. The van der Waals surface area contributed by atoms with E-state index in [0.717, 1.165) is 47.3 Å². The first-order valence-electron chi connectivity index (χ1n) is 8.21. The summed E-state index contributed by atoms with van der Waals surface area (Å²) in [7, 11) is 2.11. The second kappa shape index (κ2) is 5.87. The molecule has 2 aliphatic heterocycles. The summed E-state index contributed by atoms with van der Waals surface area (Å²) >= 11 is 0. The number of likely N-dealkylation sites (N-methyl/N-ethyl adjacent to an activating group) is 1. The van der Waals surface area contributed by atoms with E-state index in [1.807, 2.05) is 6.07 Å². The molecule has 0 saturated heterocycles. The summed E-state index contributed by atoms with van der Waals surface area (Å²) in [6, 6.07) is 10.6. The molecule has 2 heterocycles. The number of rotatable bonds is 2. The third-order valence-electron chi connectivity index (χ3n) is 4.84. The van der Waals surface area contributed by atoms with Crippen LogP contribution in [0.2, 0.25) is 0 Å². The molecule has 2 aromatic rings. The molecule has 0 saturated carbocycles. The van der Waals surface area contributed by atoms with E-state index >= 15 is 0 Å². The van der Waals surface area contributed by atoms with Crippen LogP contribution in [0.1, 0.15) is 27.9 Å². The van der Waals surface area contributed by atoms with E-state index in [0.29, 0.717) is 6.54 Å². The summed E-state index contributed by atoms with van der Waals surface area (Å²) in [6.07, 6.45) is 3.23. The molecule has 0 bridgehead atoms. The maximum atomic E-state index is 13.3. The zero-order chi connectivity index (χ0) is 16.7. The fourth-order valence-electron chi connectivity index (χ4n) is 3.42. The monoisotopic (exact) mass is 322 g/mol. The minimum absolute atomic E-state index is 0.0303. The molecule has 0 atom stereocenters. The van der Waals surface area contributed by atoms with Crippen molar-refractivity contribution in [2.24, 2.45) is 0 Å². The molecular formula is C20H19FN2O. The summed E-state index contributed by atoms with van der Waals surface area (Å²) < 4.78 is 13.3. The van der Waals surface area contributed by atoms with Crippen molar-refractivity contribution in [2.45, 2.75) is 13.0 Å². The number of benzene rings is 2. The number of hydrogen-bond donors (Lipinski definition) is 1. The van der Waals surface area contributed by atoms with Gasteiger partial charge in [0.25, 0.3) is 5.91 Å². The van der Waals surface area contributed by atoms with Crippen LogP contribution in [0.4, 0.5) is 4.39 Å². The second-order valence-corrected chi connectivity index (χ2v) is 6.49. The minimum atomic E-state index is -0.252. The number of fused-ring (bicyclic) bond motifs is 1. The highest BCUT2D eigenvalue weighted by Crippen LogP contribution is 2.35. The molecule has 0 radical (unpaired) electrons. The van der Waals surface area contributed by atoms with Gasteiger partial charge in [0.1, 0.15) is 5.82 Å². The lowest BCUT2D eigenvalue weighted by Crippen LogP contribution is -2.23. The number of amides is 1. The van der Waals surface area contributed by atoms with E-state index < -0.39 is 0 Å². The van der Waals surface area contributed by atoms with Crippen molar-refractivity contribution in [1.82, 2.24) is 10.2 Å². The lowest BCUT2D eigenvalue weighted by atomic mass is 9.88. The van der Waals surface area contributed by atoms with Gasteiger partial charge < -0.3 is 10.2 Å². The molecule has 0 spiro atoms. The molecule has 0 unspecified atom stereocenters. The Bertz CT molecular complexity index is 839. The SMILES string of the molecule is CN1CC=C(c2cc3c(cc2-c2ccc(F)cc2)C(=O)NC3)CC1. The molecule has 3 nitrogen and oxygen atoms in total. The highest BCUT2D eigenvalue weighted by molar-refractivity contribution is 6.01. The smallest absolute Gasteiger partial charge is 0.251 e.